The van der Waals surface area contributed by atoms with Gasteiger partial charge in [0.05, 0.1) is 18.0 Å². The number of rotatable bonds is 11. The van der Waals surface area contributed by atoms with Gasteiger partial charge in [-0.15, -0.1) is 0 Å². The first kappa shape index (κ1) is 24.5. The van der Waals surface area contributed by atoms with Gasteiger partial charge in [-0.05, 0) is 36.8 Å². The lowest BCUT2D eigenvalue weighted by molar-refractivity contribution is -0.198. The van der Waals surface area contributed by atoms with Crippen LogP contribution in [0.25, 0.3) is 0 Å². The third-order valence-corrected chi connectivity index (χ3v) is 5.87. The zero-order valence-corrected chi connectivity index (χ0v) is 19.4. The monoisotopic (exact) mass is 452 g/mol. The molecule has 0 radical (unpaired) electrons. The standard InChI is InChI=1S/C26H32N2O5/c1-19(2)14-24(20(3)27(18-29)33-16-22-12-8-5-9-13-22)25(30)28-23(17-32-26(28)31)15-21-10-6-4-7-11-21/h4-13,18-20,23-24H,14-17H2,1-3H3. The first-order valence-electron chi connectivity index (χ1n) is 11.3. The smallest absolute Gasteiger partial charge is 0.416 e. The molecule has 1 fully saturated rings. The van der Waals surface area contributed by atoms with Crippen molar-refractivity contribution >= 4 is 18.4 Å². The molecule has 3 amide bonds. The van der Waals surface area contributed by atoms with E-state index in [1.165, 1.54) is 9.96 Å². The minimum Gasteiger partial charge on any atom is -0.447 e. The van der Waals surface area contributed by atoms with Gasteiger partial charge >= 0.3 is 6.09 Å². The molecular formula is C26H32N2O5. The topological polar surface area (TPSA) is 76.2 Å². The van der Waals surface area contributed by atoms with Gasteiger partial charge in [0.1, 0.15) is 13.2 Å². The van der Waals surface area contributed by atoms with Crippen LogP contribution in [0.2, 0.25) is 0 Å². The molecule has 1 aliphatic rings. The second-order valence-electron chi connectivity index (χ2n) is 8.83. The lowest BCUT2D eigenvalue weighted by Crippen LogP contribution is -2.50. The Hall–Kier alpha value is -3.19. The van der Waals surface area contributed by atoms with Crippen LogP contribution >= 0.6 is 0 Å². The summed E-state index contributed by atoms with van der Waals surface area (Å²) >= 11 is 0. The van der Waals surface area contributed by atoms with Crippen molar-refractivity contribution in [3.8, 4) is 0 Å². The molecule has 0 aliphatic carbocycles. The maximum Gasteiger partial charge on any atom is 0.416 e. The number of cyclic esters (lactones) is 1. The van der Waals surface area contributed by atoms with Crippen LogP contribution in [0.5, 0.6) is 0 Å². The second kappa shape index (κ2) is 11.6. The van der Waals surface area contributed by atoms with Crippen molar-refractivity contribution < 1.29 is 24.0 Å². The van der Waals surface area contributed by atoms with Crippen LogP contribution < -0.4 is 0 Å². The largest absolute Gasteiger partial charge is 0.447 e. The summed E-state index contributed by atoms with van der Waals surface area (Å²) in [5.41, 5.74) is 1.93. The Morgan fingerprint density at radius 3 is 2.27 bits per heavy atom. The molecule has 1 heterocycles. The molecule has 176 valence electrons. The zero-order chi connectivity index (χ0) is 23.8. The van der Waals surface area contributed by atoms with E-state index in [9.17, 15) is 14.4 Å². The Bertz CT molecular complexity index is 919. The molecular weight excluding hydrogens is 420 g/mol. The summed E-state index contributed by atoms with van der Waals surface area (Å²) in [6.07, 6.45) is 0.978. The Balaban J connectivity index is 1.76. The fourth-order valence-electron chi connectivity index (χ4n) is 4.10. The molecule has 3 unspecified atom stereocenters. The number of benzene rings is 2. The van der Waals surface area contributed by atoms with Crippen molar-refractivity contribution in [2.24, 2.45) is 11.8 Å². The molecule has 7 nitrogen and oxygen atoms in total. The van der Waals surface area contributed by atoms with E-state index in [2.05, 4.69) is 0 Å². The van der Waals surface area contributed by atoms with Gasteiger partial charge in [0, 0.05) is 0 Å². The van der Waals surface area contributed by atoms with Crippen LogP contribution in [0, 0.1) is 11.8 Å². The number of carbonyl (C=O) groups excluding carboxylic acids is 3. The van der Waals surface area contributed by atoms with Gasteiger partial charge in [0.2, 0.25) is 12.3 Å². The summed E-state index contributed by atoms with van der Waals surface area (Å²) in [4.78, 5) is 45.0. The van der Waals surface area contributed by atoms with Gasteiger partial charge in [-0.25, -0.2) is 14.8 Å². The second-order valence-corrected chi connectivity index (χ2v) is 8.83. The molecule has 33 heavy (non-hydrogen) atoms. The molecule has 2 aromatic carbocycles. The van der Waals surface area contributed by atoms with Gasteiger partial charge in [-0.1, -0.05) is 74.5 Å². The zero-order valence-electron chi connectivity index (χ0n) is 19.4. The molecule has 3 rings (SSSR count). The number of imide groups is 1. The molecule has 1 aliphatic heterocycles. The van der Waals surface area contributed by atoms with E-state index in [1.807, 2.05) is 74.5 Å². The van der Waals surface area contributed by atoms with Crippen molar-refractivity contribution in [2.75, 3.05) is 6.61 Å². The summed E-state index contributed by atoms with van der Waals surface area (Å²) in [5.74, 6) is -0.778. The minimum atomic E-state index is -0.634. The molecule has 0 aromatic heterocycles. The molecule has 0 saturated carbocycles. The number of carbonyl (C=O) groups is 3. The predicted molar refractivity (Wildman–Crippen MR) is 124 cm³/mol. The average molecular weight is 453 g/mol. The third-order valence-electron chi connectivity index (χ3n) is 5.87. The van der Waals surface area contributed by atoms with Gasteiger partial charge in [-0.2, -0.15) is 0 Å². The van der Waals surface area contributed by atoms with E-state index in [1.54, 1.807) is 6.92 Å². The highest BCUT2D eigenvalue weighted by atomic mass is 16.7. The van der Waals surface area contributed by atoms with E-state index in [4.69, 9.17) is 9.57 Å². The fraction of sp³-hybridized carbons (Fsp3) is 0.423. The van der Waals surface area contributed by atoms with Crippen molar-refractivity contribution in [3.05, 3.63) is 71.8 Å². The Morgan fingerprint density at radius 1 is 1.09 bits per heavy atom. The summed E-state index contributed by atoms with van der Waals surface area (Å²) < 4.78 is 5.25. The first-order valence-corrected chi connectivity index (χ1v) is 11.3. The molecule has 2 aromatic rings. The van der Waals surface area contributed by atoms with Crippen molar-refractivity contribution in [3.63, 3.8) is 0 Å². The highest BCUT2D eigenvalue weighted by Gasteiger charge is 2.43. The first-order chi connectivity index (χ1) is 15.9. The van der Waals surface area contributed by atoms with Crippen molar-refractivity contribution in [1.29, 1.82) is 0 Å². The van der Waals surface area contributed by atoms with Crippen molar-refractivity contribution in [1.82, 2.24) is 9.96 Å². The molecule has 0 N–H and O–H groups in total. The summed E-state index contributed by atoms with van der Waals surface area (Å²) in [5, 5.41) is 1.19. The van der Waals surface area contributed by atoms with E-state index in [-0.39, 0.29) is 31.1 Å². The van der Waals surface area contributed by atoms with Crippen LogP contribution in [-0.4, -0.2) is 47.1 Å². The van der Waals surface area contributed by atoms with E-state index in [0.717, 1.165) is 11.1 Å². The predicted octanol–water partition coefficient (Wildman–Crippen LogP) is 4.22. The molecule has 0 bridgehead atoms. The Labute approximate surface area is 195 Å². The van der Waals surface area contributed by atoms with Gasteiger partial charge in [0.15, 0.2) is 0 Å². The lowest BCUT2D eigenvalue weighted by atomic mass is 9.89. The maximum atomic E-state index is 13.7. The van der Waals surface area contributed by atoms with Crippen LogP contribution in [0.15, 0.2) is 60.7 Å². The van der Waals surface area contributed by atoms with Crippen LogP contribution in [0.3, 0.4) is 0 Å². The number of hydrogen-bond donors (Lipinski definition) is 0. The summed E-state index contributed by atoms with van der Waals surface area (Å²) in [6.45, 7) is 6.15. The molecule has 7 heteroatoms. The van der Waals surface area contributed by atoms with Crippen molar-refractivity contribution in [2.45, 2.75) is 52.3 Å². The van der Waals surface area contributed by atoms with E-state index in [0.29, 0.717) is 19.3 Å². The van der Waals surface area contributed by atoms with Gasteiger partial charge in [0.25, 0.3) is 0 Å². The van der Waals surface area contributed by atoms with E-state index < -0.39 is 18.1 Å². The Kier molecular flexibility index (Phi) is 8.60. The summed E-state index contributed by atoms with van der Waals surface area (Å²) in [6, 6.07) is 18.2. The van der Waals surface area contributed by atoms with Gasteiger partial charge in [-0.3, -0.25) is 14.4 Å². The molecule has 1 saturated heterocycles. The number of hydrogen-bond acceptors (Lipinski definition) is 5. The fourth-order valence-corrected chi connectivity index (χ4v) is 4.10. The van der Waals surface area contributed by atoms with Crippen LogP contribution in [-0.2, 0) is 32.2 Å². The maximum absolute atomic E-state index is 13.7. The van der Waals surface area contributed by atoms with E-state index >= 15 is 0 Å². The summed E-state index contributed by atoms with van der Waals surface area (Å²) in [7, 11) is 0. The highest BCUT2D eigenvalue weighted by Crippen LogP contribution is 2.27. The number of ether oxygens (including phenoxy) is 1. The number of amides is 3. The quantitative estimate of drug-likeness (QED) is 0.377. The normalized spacial score (nSPS) is 17.5. The van der Waals surface area contributed by atoms with Crippen LogP contribution in [0.4, 0.5) is 4.79 Å². The molecule has 0 spiro atoms. The number of hydroxylamine groups is 2. The lowest BCUT2D eigenvalue weighted by Gasteiger charge is -2.33. The third kappa shape index (κ3) is 6.42. The average Bonchev–Trinajstić information content (AvgIpc) is 3.18. The number of nitrogens with zero attached hydrogens (tertiary/aromatic N) is 2. The minimum absolute atomic E-state index is 0.157. The van der Waals surface area contributed by atoms with Crippen LogP contribution in [0.1, 0.15) is 38.3 Å². The highest BCUT2D eigenvalue weighted by molar-refractivity contribution is 5.95. The Morgan fingerprint density at radius 2 is 1.70 bits per heavy atom. The van der Waals surface area contributed by atoms with Gasteiger partial charge < -0.3 is 4.74 Å². The SMILES string of the molecule is CC(C)CC(C(=O)N1C(=O)OCC1Cc1ccccc1)C(C)N(C=O)OCc1ccccc1. The molecule has 3 atom stereocenters.